The smallest absolute Gasteiger partial charge is 0.268 e. The maximum Gasteiger partial charge on any atom is 0.268 e. The lowest BCUT2D eigenvalue weighted by atomic mass is 10.1. The molecule has 1 aromatic carbocycles. The Balaban J connectivity index is 2.44. The Labute approximate surface area is 107 Å². The summed E-state index contributed by atoms with van der Waals surface area (Å²) in [5.74, 6) is 0.315. The summed E-state index contributed by atoms with van der Waals surface area (Å²) in [5.41, 5.74) is 1.84. The van der Waals surface area contributed by atoms with Gasteiger partial charge in [-0.1, -0.05) is 53.0 Å². The first-order chi connectivity index (χ1) is 7.48. The average molecular weight is 278 g/mol. The molecule has 0 aliphatic heterocycles. The number of hydrogen-bond donors (Lipinski definition) is 0. The van der Waals surface area contributed by atoms with E-state index in [1.807, 2.05) is 31.2 Å². The van der Waals surface area contributed by atoms with Crippen LogP contribution in [-0.4, -0.2) is 10.2 Å². The second-order valence-electron chi connectivity index (χ2n) is 3.23. The van der Waals surface area contributed by atoms with Gasteiger partial charge in [0.15, 0.2) is 0 Å². The number of nitrogens with zero attached hydrogens (tertiary/aromatic N) is 2. The molecular weight excluding hydrogens is 270 g/mol. The van der Waals surface area contributed by atoms with Crippen molar-refractivity contribution in [2.45, 2.75) is 10.7 Å². The third kappa shape index (κ3) is 2.32. The van der Waals surface area contributed by atoms with Crippen LogP contribution in [0.2, 0.25) is 0 Å². The molecule has 0 spiro atoms. The van der Waals surface area contributed by atoms with Gasteiger partial charge in [-0.2, -0.15) is 0 Å². The van der Waals surface area contributed by atoms with Crippen molar-refractivity contribution in [1.29, 1.82) is 0 Å². The van der Waals surface area contributed by atoms with Gasteiger partial charge in [0.05, 0.1) is 0 Å². The molecule has 2 rings (SSSR count). The van der Waals surface area contributed by atoms with E-state index in [1.165, 1.54) is 0 Å². The topological polar surface area (TPSA) is 38.9 Å². The zero-order valence-electron chi connectivity index (χ0n) is 8.25. The van der Waals surface area contributed by atoms with Crippen molar-refractivity contribution < 1.29 is 4.42 Å². The van der Waals surface area contributed by atoms with Gasteiger partial charge in [-0.3, -0.25) is 0 Å². The van der Waals surface area contributed by atoms with E-state index in [0.29, 0.717) is 5.89 Å². The molecule has 1 heterocycles. The number of benzene rings is 1. The molecule has 0 fully saturated rings. The molecule has 0 aliphatic carbocycles. The molecule has 84 valence electrons. The van der Waals surface area contributed by atoms with E-state index in [1.54, 1.807) is 0 Å². The Bertz CT molecular complexity index is 505. The molecule has 0 unspecified atom stereocenters. The lowest BCUT2D eigenvalue weighted by Crippen LogP contribution is -1.99. The van der Waals surface area contributed by atoms with Crippen molar-refractivity contribution in [2.24, 2.45) is 0 Å². The first kappa shape index (κ1) is 11.7. The standard InChI is InChI=1S/C10H7Cl3N2O/c1-6-4-2-3-5-7(6)8-14-15-9(16-8)10(11,12)13/h2-5H,1H3. The van der Waals surface area contributed by atoms with E-state index < -0.39 is 3.79 Å². The largest absolute Gasteiger partial charge is 0.416 e. The van der Waals surface area contributed by atoms with Gasteiger partial charge in [0.25, 0.3) is 9.68 Å². The Kier molecular flexibility index (Phi) is 3.10. The second kappa shape index (κ2) is 4.24. The summed E-state index contributed by atoms with van der Waals surface area (Å²) in [5, 5.41) is 7.54. The van der Waals surface area contributed by atoms with Crippen LogP contribution in [0.25, 0.3) is 11.5 Å². The third-order valence-electron chi connectivity index (χ3n) is 2.04. The van der Waals surface area contributed by atoms with Crippen molar-refractivity contribution in [1.82, 2.24) is 10.2 Å². The monoisotopic (exact) mass is 276 g/mol. The molecule has 6 heteroatoms. The van der Waals surface area contributed by atoms with E-state index in [0.717, 1.165) is 11.1 Å². The van der Waals surface area contributed by atoms with Crippen LogP contribution in [-0.2, 0) is 3.79 Å². The van der Waals surface area contributed by atoms with E-state index in [-0.39, 0.29) is 5.89 Å². The molecular formula is C10H7Cl3N2O. The van der Waals surface area contributed by atoms with Gasteiger partial charge in [-0.25, -0.2) is 0 Å². The first-order valence-electron chi connectivity index (χ1n) is 4.45. The molecule has 16 heavy (non-hydrogen) atoms. The van der Waals surface area contributed by atoms with E-state index in [4.69, 9.17) is 39.2 Å². The normalized spacial score (nSPS) is 11.8. The Morgan fingerprint density at radius 1 is 1.12 bits per heavy atom. The lowest BCUT2D eigenvalue weighted by molar-refractivity contribution is 0.514. The minimum Gasteiger partial charge on any atom is -0.416 e. The van der Waals surface area contributed by atoms with Crippen LogP contribution in [0.3, 0.4) is 0 Å². The summed E-state index contributed by atoms with van der Waals surface area (Å²) < 4.78 is 3.61. The number of aryl methyl sites for hydroxylation is 1. The fourth-order valence-electron chi connectivity index (χ4n) is 1.26. The highest BCUT2D eigenvalue weighted by atomic mass is 35.6. The Morgan fingerprint density at radius 3 is 2.38 bits per heavy atom. The minimum atomic E-state index is -1.69. The zero-order chi connectivity index (χ0) is 11.8. The van der Waals surface area contributed by atoms with E-state index >= 15 is 0 Å². The summed E-state index contributed by atoms with van der Waals surface area (Å²) in [7, 11) is 0. The van der Waals surface area contributed by atoms with Crippen LogP contribution in [0.4, 0.5) is 0 Å². The maximum absolute atomic E-state index is 5.63. The SMILES string of the molecule is Cc1ccccc1-c1nnc(C(Cl)(Cl)Cl)o1. The predicted molar refractivity (Wildman–Crippen MR) is 63.7 cm³/mol. The van der Waals surface area contributed by atoms with Crippen LogP contribution in [0, 0.1) is 6.92 Å². The number of alkyl halides is 3. The van der Waals surface area contributed by atoms with E-state index in [9.17, 15) is 0 Å². The molecule has 1 aromatic heterocycles. The Morgan fingerprint density at radius 2 is 1.81 bits per heavy atom. The van der Waals surface area contributed by atoms with Gasteiger partial charge < -0.3 is 4.42 Å². The van der Waals surface area contributed by atoms with Crippen molar-refractivity contribution in [3.8, 4) is 11.5 Å². The number of rotatable bonds is 1. The number of hydrogen-bond acceptors (Lipinski definition) is 3. The third-order valence-corrected chi connectivity index (χ3v) is 2.53. The first-order valence-corrected chi connectivity index (χ1v) is 5.58. The van der Waals surface area contributed by atoms with Crippen molar-refractivity contribution in [3.05, 3.63) is 35.7 Å². The minimum absolute atomic E-state index is 0.0317. The van der Waals surface area contributed by atoms with Crippen LogP contribution >= 0.6 is 34.8 Å². The number of aromatic nitrogens is 2. The molecule has 0 saturated carbocycles. The molecule has 0 bridgehead atoms. The highest BCUT2D eigenvalue weighted by Crippen LogP contribution is 2.38. The summed E-state index contributed by atoms with van der Waals surface area (Å²) in [6.07, 6.45) is 0. The Hall–Kier alpha value is -0.770. The van der Waals surface area contributed by atoms with Gasteiger partial charge in [0.1, 0.15) is 0 Å². The molecule has 0 atom stereocenters. The van der Waals surface area contributed by atoms with Gasteiger partial charge in [-0.15, -0.1) is 10.2 Å². The lowest BCUT2D eigenvalue weighted by Gasteiger charge is -2.03. The maximum atomic E-state index is 5.63. The highest BCUT2D eigenvalue weighted by molar-refractivity contribution is 6.66. The molecule has 0 aliphatic rings. The molecule has 0 amide bonds. The number of halogens is 3. The van der Waals surface area contributed by atoms with Crippen LogP contribution < -0.4 is 0 Å². The zero-order valence-corrected chi connectivity index (χ0v) is 10.5. The molecule has 0 saturated heterocycles. The second-order valence-corrected chi connectivity index (χ2v) is 5.51. The molecule has 0 N–H and O–H groups in total. The molecule has 3 nitrogen and oxygen atoms in total. The van der Waals surface area contributed by atoms with Crippen molar-refractivity contribution >= 4 is 34.8 Å². The van der Waals surface area contributed by atoms with Gasteiger partial charge in [0, 0.05) is 5.56 Å². The van der Waals surface area contributed by atoms with Crippen LogP contribution in [0.5, 0.6) is 0 Å². The van der Waals surface area contributed by atoms with Crippen LogP contribution in [0.15, 0.2) is 28.7 Å². The quantitative estimate of drug-likeness (QED) is 0.743. The summed E-state index contributed by atoms with van der Waals surface area (Å²) in [4.78, 5) is 0. The summed E-state index contributed by atoms with van der Waals surface area (Å²) >= 11 is 16.9. The van der Waals surface area contributed by atoms with Crippen molar-refractivity contribution in [3.63, 3.8) is 0 Å². The van der Waals surface area contributed by atoms with Gasteiger partial charge in [-0.05, 0) is 18.6 Å². The summed E-state index contributed by atoms with van der Waals surface area (Å²) in [6.45, 7) is 1.94. The molecule has 0 radical (unpaired) electrons. The fraction of sp³-hybridized carbons (Fsp3) is 0.200. The van der Waals surface area contributed by atoms with E-state index in [2.05, 4.69) is 10.2 Å². The van der Waals surface area contributed by atoms with Gasteiger partial charge >= 0.3 is 0 Å². The predicted octanol–water partition coefficient (Wildman–Crippen LogP) is 3.87. The van der Waals surface area contributed by atoms with Crippen LogP contribution in [0.1, 0.15) is 11.5 Å². The van der Waals surface area contributed by atoms with Crippen molar-refractivity contribution in [2.75, 3.05) is 0 Å². The van der Waals surface area contributed by atoms with Gasteiger partial charge in [0.2, 0.25) is 5.89 Å². The fourth-order valence-corrected chi connectivity index (χ4v) is 1.49. The average Bonchev–Trinajstić information content (AvgIpc) is 2.66. The highest BCUT2D eigenvalue weighted by Gasteiger charge is 2.30. The summed E-state index contributed by atoms with van der Waals surface area (Å²) in [6, 6.07) is 7.60. The molecule has 2 aromatic rings.